The lowest BCUT2D eigenvalue weighted by atomic mass is 10.1. The smallest absolute Gasteiger partial charge is 0.228 e. The maximum absolute atomic E-state index is 12.3. The number of ether oxygens (including phenoxy) is 3. The Kier molecular flexibility index (Phi) is 6.64. The Morgan fingerprint density at radius 3 is 1.96 bits per heavy atom. The zero-order chi connectivity index (χ0) is 18.6. The number of anilines is 1. The molecule has 0 aliphatic heterocycles. The van der Waals surface area contributed by atoms with Crippen LogP contribution < -0.4 is 19.5 Å². The van der Waals surface area contributed by atoms with Gasteiger partial charge in [-0.05, 0) is 29.8 Å². The molecule has 0 saturated carbocycles. The average molecular weight is 405 g/mol. The summed E-state index contributed by atoms with van der Waals surface area (Å²) in [7, 11) is 4.53. The molecule has 2 aromatic carbocycles. The van der Waals surface area contributed by atoms with E-state index in [1.807, 2.05) is 0 Å². The maximum atomic E-state index is 12.3. The van der Waals surface area contributed by atoms with Crippen molar-refractivity contribution in [1.29, 1.82) is 0 Å². The van der Waals surface area contributed by atoms with Gasteiger partial charge in [-0.1, -0.05) is 34.8 Å². The van der Waals surface area contributed by atoms with Gasteiger partial charge in [-0.15, -0.1) is 0 Å². The van der Waals surface area contributed by atoms with Crippen LogP contribution in [-0.2, 0) is 11.2 Å². The van der Waals surface area contributed by atoms with Crippen LogP contribution in [0, 0.1) is 0 Å². The first-order valence-electron chi connectivity index (χ1n) is 7.12. The Balaban J connectivity index is 2.22. The van der Waals surface area contributed by atoms with Crippen molar-refractivity contribution in [2.75, 3.05) is 26.6 Å². The summed E-state index contributed by atoms with van der Waals surface area (Å²) in [6, 6.07) is 6.38. The fourth-order valence-corrected chi connectivity index (χ4v) is 2.83. The van der Waals surface area contributed by atoms with E-state index in [2.05, 4.69) is 5.32 Å². The Labute approximate surface area is 160 Å². The van der Waals surface area contributed by atoms with Crippen LogP contribution in [0.4, 0.5) is 5.69 Å². The number of hydrogen-bond acceptors (Lipinski definition) is 4. The van der Waals surface area contributed by atoms with Crippen LogP contribution in [-0.4, -0.2) is 27.2 Å². The summed E-state index contributed by atoms with van der Waals surface area (Å²) in [5.41, 5.74) is 1.07. The minimum atomic E-state index is -0.283. The molecule has 0 aliphatic carbocycles. The van der Waals surface area contributed by atoms with Gasteiger partial charge < -0.3 is 19.5 Å². The molecule has 0 radical (unpaired) electrons. The highest BCUT2D eigenvalue weighted by Crippen LogP contribution is 2.38. The molecule has 0 spiro atoms. The second-order valence-electron chi connectivity index (χ2n) is 5.00. The molecule has 0 bridgehead atoms. The van der Waals surface area contributed by atoms with E-state index >= 15 is 0 Å². The fourth-order valence-electron chi connectivity index (χ4n) is 2.24. The van der Waals surface area contributed by atoms with Crippen molar-refractivity contribution in [1.82, 2.24) is 0 Å². The van der Waals surface area contributed by atoms with E-state index in [1.54, 1.807) is 12.1 Å². The number of methoxy groups -OCH3 is 3. The molecule has 1 N–H and O–H groups in total. The normalized spacial score (nSPS) is 10.3. The van der Waals surface area contributed by atoms with E-state index in [4.69, 9.17) is 49.0 Å². The second kappa shape index (κ2) is 8.52. The molecule has 2 aromatic rings. The van der Waals surface area contributed by atoms with E-state index < -0.39 is 0 Å². The van der Waals surface area contributed by atoms with Crippen molar-refractivity contribution in [2.24, 2.45) is 0 Å². The minimum Gasteiger partial charge on any atom is -0.493 e. The predicted molar refractivity (Wildman–Crippen MR) is 99.9 cm³/mol. The van der Waals surface area contributed by atoms with Gasteiger partial charge in [-0.2, -0.15) is 0 Å². The predicted octanol–water partition coefficient (Wildman–Crippen LogP) is 4.85. The van der Waals surface area contributed by atoms with Gasteiger partial charge in [0, 0.05) is 0 Å². The third-order valence-corrected chi connectivity index (χ3v) is 4.41. The van der Waals surface area contributed by atoms with E-state index in [1.165, 1.54) is 33.5 Å². The Morgan fingerprint density at radius 2 is 1.44 bits per heavy atom. The highest BCUT2D eigenvalue weighted by Gasteiger charge is 2.16. The lowest BCUT2D eigenvalue weighted by molar-refractivity contribution is -0.115. The first-order chi connectivity index (χ1) is 11.9. The second-order valence-corrected chi connectivity index (χ2v) is 6.23. The van der Waals surface area contributed by atoms with Gasteiger partial charge in [-0.3, -0.25) is 4.79 Å². The highest BCUT2D eigenvalue weighted by atomic mass is 35.5. The zero-order valence-electron chi connectivity index (χ0n) is 13.8. The fraction of sp³-hybridized carbons (Fsp3) is 0.235. The van der Waals surface area contributed by atoms with Crippen LogP contribution in [0.2, 0.25) is 15.1 Å². The summed E-state index contributed by atoms with van der Waals surface area (Å²) in [5.74, 6) is 1.12. The van der Waals surface area contributed by atoms with Crippen molar-refractivity contribution in [3.05, 3.63) is 44.9 Å². The third kappa shape index (κ3) is 4.63. The van der Waals surface area contributed by atoms with Gasteiger partial charge in [0.25, 0.3) is 0 Å². The van der Waals surface area contributed by atoms with Gasteiger partial charge in [0.05, 0.1) is 48.5 Å². The molecule has 2 rings (SSSR count). The number of nitrogens with one attached hydrogen (secondary N) is 1. The van der Waals surface area contributed by atoms with Crippen molar-refractivity contribution in [3.63, 3.8) is 0 Å². The number of rotatable bonds is 6. The SMILES string of the molecule is COc1cc(CC(=O)Nc2cc(Cl)c(Cl)cc2Cl)cc(OC)c1OC. The third-order valence-electron chi connectivity index (χ3n) is 3.37. The van der Waals surface area contributed by atoms with Crippen LogP contribution in [0.15, 0.2) is 24.3 Å². The Bertz CT molecular complexity index is 771. The van der Waals surface area contributed by atoms with Gasteiger partial charge in [0.15, 0.2) is 11.5 Å². The molecule has 8 heteroatoms. The van der Waals surface area contributed by atoms with Crippen molar-refractivity contribution in [3.8, 4) is 17.2 Å². The van der Waals surface area contributed by atoms with Crippen LogP contribution in [0.25, 0.3) is 0 Å². The number of halogens is 3. The highest BCUT2D eigenvalue weighted by molar-refractivity contribution is 6.44. The van der Waals surface area contributed by atoms with Crippen LogP contribution >= 0.6 is 34.8 Å². The molecule has 0 unspecified atom stereocenters. The summed E-state index contributed by atoms with van der Waals surface area (Å²) >= 11 is 17.9. The lowest BCUT2D eigenvalue weighted by Crippen LogP contribution is -2.15. The molecule has 0 heterocycles. The maximum Gasteiger partial charge on any atom is 0.228 e. The summed E-state index contributed by atoms with van der Waals surface area (Å²) in [5, 5.41) is 3.62. The standard InChI is InChI=1S/C17H16Cl3NO4/c1-23-14-4-9(5-15(24-2)17(14)25-3)6-16(22)21-13-8-11(19)10(18)7-12(13)20/h4-5,7-8H,6H2,1-3H3,(H,21,22). The molecule has 0 saturated heterocycles. The van der Waals surface area contributed by atoms with Crippen molar-refractivity contribution < 1.29 is 19.0 Å². The zero-order valence-corrected chi connectivity index (χ0v) is 16.1. The van der Waals surface area contributed by atoms with E-state index in [0.717, 1.165) is 0 Å². The quantitative estimate of drug-likeness (QED) is 0.699. The van der Waals surface area contributed by atoms with E-state index in [9.17, 15) is 4.79 Å². The first-order valence-corrected chi connectivity index (χ1v) is 8.26. The summed E-state index contributed by atoms with van der Waals surface area (Å²) in [6.45, 7) is 0. The van der Waals surface area contributed by atoms with Gasteiger partial charge in [-0.25, -0.2) is 0 Å². The molecule has 0 aliphatic rings. The number of carbonyl (C=O) groups is 1. The molecular weight excluding hydrogens is 389 g/mol. The van der Waals surface area contributed by atoms with Gasteiger partial charge >= 0.3 is 0 Å². The van der Waals surface area contributed by atoms with Crippen LogP contribution in [0.1, 0.15) is 5.56 Å². The topological polar surface area (TPSA) is 56.8 Å². The Hall–Kier alpha value is -1.82. The Morgan fingerprint density at radius 1 is 0.880 bits per heavy atom. The largest absolute Gasteiger partial charge is 0.493 e. The summed E-state index contributed by atoms with van der Waals surface area (Å²) in [4.78, 5) is 12.3. The van der Waals surface area contributed by atoms with Crippen LogP contribution in [0.5, 0.6) is 17.2 Å². The molecule has 0 fully saturated rings. The molecular formula is C17H16Cl3NO4. The average Bonchev–Trinajstić information content (AvgIpc) is 2.58. The first kappa shape index (κ1) is 19.5. The number of benzene rings is 2. The number of carbonyl (C=O) groups excluding carboxylic acids is 1. The minimum absolute atomic E-state index is 0.0767. The summed E-state index contributed by atoms with van der Waals surface area (Å²) < 4.78 is 15.8. The lowest BCUT2D eigenvalue weighted by Gasteiger charge is -2.14. The molecule has 0 atom stereocenters. The molecule has 134 valence electrons. The monoisotopic (exact) mass is 403 g/mol. The van der Waals surface area contributed by atoms with E-state index in [0.29, 0.717) is 43.6 Å². The van der Waals surface area contributed by atoms with E-state index in [-0.39, 0.29) is 12.3 Å². The number of hydrogen-bond donors (Lipinski definition) is 1. The molecule has 25 heavy (non-hydrogen) atoms. The van der Waals surface area contributed by atoms with Crippen LogP contribution in [0.3, 0.4) is 0 Å². The molecule has 5 nitrogen and oxygen atoms in total. The van der Waals surface area contributed by atoms with Gasteiger partial charge in [0.1, 0.15) is 0 Å². The molecule has 0 aromatic heterocycles. The van der Waals surface area contributed by atoms with Gasteiger partial charge in [0.2, 0.25) is 11.7 Å². The van der Waals surface area contributed by atoms with Crippen molar-refractivity contribution in [2.45, 2.75) is 6.42 Å². The molecule has 1 amide bonds. The van der Waals surface area contributed by atoms with Crippen molar-refractivity contribution >= 4 is 46.4 Å². The number of amides is 1. The summed E-state index contributed by atoms with van der Waals surface area (Å²) in [6.07, 6.45) is 0.0767.